The highest BCUT2D eigenvalue weighted by Gasteiger charge is 2.14. The van der Waals surface area contributed by atoms with Crippen LogP contribution in [0.5, 0.6) is 0 Å². The summed E-state index contributed by atoms with van der Waals surface area (Å²) in [7, 11) is 0. The van der Waals surface area contributed by atoms with E-state index in [9.17, 15) is 4.39 Å². The quantitative estimate of drug-likeness (QED) is 0.854. The number of benzene rings is 1. The molecule has 1 aromatic heterocycles. The van der Waals surface area contributed by atoms with Crippen molar-refractivity contribution in [2.45, 2.75) is 26.8 Å². The highest BCUT2D eigenvalue weighted by atomic mass is 32.1. The third-order valence-corrected chi connectivity index (χ3v) is 4.15. The first-order chi connectivity index (χ1) is 8.63. The second-order valence-electron chi connectivity index (χ2n) is 4.44. The largest absolute Gasteiger partial charge is 0.310 e. The molecule has 0 aliphatic heterocycles. The Bertz CT molecular complexity index is 533. The predicted molar refractivity (Wildman–Crippen MR) is 76.5 cm³/mol. The van der Waals surface area contributed by atoms with Crippen molar-refractivity contribution in [2.75, 3.05) is 6.54 Å². The van der Waals surface area contributed by atoms with Crippen LogP contribution in [-0.2, 0) is 0 Å². The Morgan fingerprint density at radius 1 is 1.33 bits per heavy atom. The normalized spacial score (nSPS) is 12.7. The molecule has 0 radical (unpaired) electrons. The fourth-order valence-electron chi connectivity index (χ4n) is 2.17. The summed E-state index contributed by atoms with van der Waals surface area (Å²) in [5.41, 5.74) is 3.37. The molecule has 1 N–H and O–H groups in total. The van der Waals surface area contributed by atoms with Gasteiger partial charge in [0.1, 0.15) is 5.82 Å². The van der Waals surface area contributed by atoms with Gasteiger partial charge in [-0.2, -0.15) is 0 Å². The van der Waals surface area contributed by atoms with Crippen molar-refractivity contribution < 1.29 is 4.39 Å². The number of thiophene rings is 1. The lowest BCUT2D eigenvalue weighted by molar-refractivity contribution is 0.593. The van der Waals surface area contributed by atoms with Crippen LogP contribution in [-0.4, -0.2) is 6.54 Å². The van der Waals surface area contributed by atoms with Crippen LogP contribution in [0, 0.1) is 12.7 Å². The molecule has 1 heterocycles. The second-order valence-corrected chi connectivity index (χ2v) is 5.36. The van der Waals surface area contributed by atoms with Gasteiger partial charge >= 0.3 is 0 Å². The van der Waals surface area contributed by atoms with Crippen molar-refractivity contribution in [3.8, 4) is 10.4 Å². The zero-order valence-corrected chi connectivity index (χ0v) is 11.8. The zero-order valence-electron chi connectivity index (χ0n) is 11.0. The van der Waals surface area contributed by atoms with Gasteiger partial charge in [0.15, 0.2) is 0 Å². The smallest absolute Gasteiger partial charge is 0.123 e. The summed E-state index contributed by atoms with van der Waals surface area (Å²) in [6.07, 6.45) is 0. The molecule has 1 unspecified atom stereocenters. The van der Waals surface area contributed by atoms with Gasteiger partial charge in [-0.05, 0) is 60.7 Å². The van der Waals surface area contributed by atoms with Crippen molar-refractivity contribution in [2.24, 2.45) is 0 Å². The van der Waals surface area contributed by atoms with E-state index in [1.54, 1.807) is 17.4 Å². The van der Waals surface area contributed by atoms with Gasteiger partial charge in [0.05, 0.1) is 0 Å². The molecule has 0 aliphatic rings. The summed E-state index contributed by atoms with van der Waals surface area (Å²) in [6, 6.07) is 7.37. The van der Waals surface area contributed by atoms with Crippen molar-refractivity contribution in [3.63, 3.8) is 0 Å². The Labute approximate surface area is 112 Å². The lowest BCUT2D eigenvalue weighted by Gasteiger charge is -2.17. The summed E-state index contributed by atoms with van der Waals surface area (Å²) < 4.78 is 13.5. The molecule has 1 atom stereocenters. The lowest BCUT2D eigenvalue weighted by Crippen LogP contribution is -2.18. The highest BCUT2D eigenvalue weighted by Crippen LogP contribution is 2.34. The van der Waals surface area contributed by atoms with Gasteiger partial charge in [-0.15, -0.1) is 11.3 Å². The van der Waals surface area contributed by atoms with E-state index in [1.807, 2.05) is 6.07 Å². The number of hydrogen-bond acceptors (Lipinski definition) is 2. The van der Waals surface area contributed by atoms with Crippen LogP contribution in [0.2, 0.25) is 0 Å². The van der Waals surface area contributed by atoms with Gasteiger partial charge in [0, 0.05) is 10.9 Å². The number of halogens is 1. The molecule has 0 saturated carbocycles. The van der Waals surface area contributed by atoms with E-state index in [-0.39, 0.29) is 11.9 Å². The van der Waals surface area contributed by atoms with Gasteiger partial charge in [0.25, 0.3) is 0 Å². The van der Waals surface area contributed by atoms with Crippen LogP contribution in [0.1, 0.15) is 31.0 Å². The average molecular weight is 263 g/mol. The molecule has 0 aliphatic carbocycles. The molecule has 0 bridgehead atoms. The van der Waals surface area contributed by atoms with Gasteiger partial charge < -0.3 is 5.32 Å². The maximum absolute atomic E-state index is 13.5. The van der Waals surface area contributed by atoms with E-state index in [0.717, 1.165) is 22.5 Å². The van der Waals surface area contributed by atoms with Crippen LogP contribution in [0.25, 0.3) is 10.4 Å². The summed E-state index contributed by atoms with van der Waals surface area (Å²) in [6.45, 7) is 7.17. The summed E-state index contributed by atoms with van der Waals surface area (Å²) in [5.74, 6) is -0.176. The number of aryl methyl sites for hydroxylation is 1. The van der Waals surface area contributed by atoms with Crippen LogP contribution in [0.4, 0.5) is 4.39 Å². The topological polar surface area (TPSA) is 12.0 Å². The van der Waals surface area contributed by atoms with E-state index < -0.39 is 0 Å². The Kier molecular flexibility index (Phi) is 4.15. The molecular formula is C15H18FNS. The fourth-order valence-corrected chi connectivity index (χ4v) is 3.13. The van der Waals surface area contributed by atoms with Crippen LogP contribution in [0.3, 0.4) is 0 Å². The number of nitrogens with one attached hydrogen (secondary N) is 1. The highest BCUT2D eigenvalue weighted by molar-refractivity contribution is 7.13. The minimum Gasteiger partial charge on any atom is -0.310 e. The van der Waals surface area contributed by atoms with Crippen molar-refractivity contribution in [1.82, 2.24) is 5.32 Å². The molecule has 1 aromatic carbocycles. The first-order valence-corrected chi connectivity index (χ1v) is 7.08. The SMILES string of the molecule is CCNC(C)c1ccc(F)cc1-c1sccc1C. The van der Waals surface area contributed by atoms with Gasteiger partial charge in [0.2, 0.25) is 0 Å². The molecule has 0 fully saturated rings. The lowest BCUT2D eigenvalue weighted by atomic mass is 9.98. The average Bonchev–Trinajstić information content (AvgIpc) is 2.75. The second kappa shape index (κ2) is 5.63. The standard InChI is InChI=1S/C15H18FNS/c1-4-17-11(3)13-6-5-12(16)9-14(13)15-10(2)7-8-18-15/h5-9,11,17H,4H2,1-3H3. The minimum atomic E-state index is -0.176. The molecule has 2 aromatic rings. The fraction of sp³-hybridized carbons (Fsp3) is 0.333. The van der Waals surface area contributed by atoms with Crippen molar-refractivity contribution in [3.05, 3.63) is 46.6 Å². The molecule has 2 rings (SSSR count). The van der Waals surface area contributed by atoms with Crippen LogP contribution < -0.4 is 5.32 Å². The van der Waals surface area contributed by atoms with E-state index >= 15 is 0 Å². The maximum atomic E-state index is 13.5. The zero-order chi connectivity index (χ0) is 13.1. The van der Waals surface area contributed by atoms with Crippen LogP contribution in [0.15, 0.2) is 29.6 Å². The van der Waals surface area contributed by atoms with Gasteiger partial charge in [-0.1, -0.05) is 13.0 Å². The van der Waals surface area contributed by atoms with Gasteiger partial charge in [-0.25, -0.2) is 4.39 Å². The van der Waals surface area contributed by atoms with E-state index in [4.69, 9.17) is 0 Å². The first kappa shape index (κ1) is 13.2. The monoisotopic (exact) mass is 263 g/mol. The molecular weight excluding hydrogens is 245 g/mol. The summed E-state index contributed by atoms with van der Waals surface area (Å²) in [4.78, 5) is 1.16. The molecule has 3 heteroatoms. The Morgan fingerprint density at radius 3 is 2.72 bits per heavy atom. The molecule has 0 amide bonds. The third kappa shape index (κ3) is 2.62. The summed E-state index contributed by atoms with van der Waals surface area (Å²) in [5, 5.41) is 5.44. The Morgan fingerprint density at radius 2 is 2.11 bits per heavy atom. The number of rotatable bonds is 4. The molecule has 0 saturated heterocycles. The van der Waals surface area contributed by atoms with E-state index in [1.165, 1.54) is 11.6 Å². The van der Waals surface area contributed by atoms with Crippen LogP contribution >= 0.6 is 11.3 Å². The Hall–Kier alpha value is -1.19. The van der Waals surface area contributed by atoms with Crippen molar-refractivity contribution >= 4 is 11.3 Å². The molecule has 18 heavy (non-hydrogen) atoms. The van der Waals surface area contributed by atoms with Crippen molar-refractivity contribution in [1.29, 1.82) is 0 Å². The molecule has 96 valence electrons. The predicted octanol–water partition coefficient (Wildman–Crippen LogP) is 4.53. The molecule has 0 spiro atoms. The third-order valence-electron chi connectivity index (χ3n) is 3.10. The Balaban J connectivity index is 2.51. The van der Waals surface area contributed by atoms with Gasteiger partial charge in [-0.3, -0.25) is 0 Å². The molecule has 1 nitrogen and oxygen atoms in total. The summed E-state index contributed by atoms with van der Waals surface area (Å²) >= 11 is 1.67. The maximum Gasteiger partial charge on any atom is 0.123 e. The van der Waals surface area contributed by atoms with E-state index in [0.29, 0.717) is 0 Å². The van der Waals surface area contributed by atoms with E-state index in [2.05, 4.69) is 37.5 Å². The number of hydrogen-bond donors (Lipinski definition) is 1. The minimum absolute atomic E-state index is 0.176. The first-order valence-electron chi connectivity index (χ1n) is 6.20.